The van der Waals surface area contributed by atoms with Gasteiger partial charge in [-0.2, -0.15) is 13.2 Å². The summed E-state index contributed by atoms with van der Waals surface area (Å²) in [6.07, 6.45) is -3.97. The fourth-order valence-corrected chi connectivity index (χ4v) is 6.35. The highest BCUT2D eigenvalue weighted by Gasteiger charge is 2.48. The summed E-state index contributed by atoms with van der Waals surface area (Å²) in [5.41, 5.74) is -0.422. The molecule has 9 nitrogen and oxygen atoms in total. The molecule has 4 amide bonds. The number of amides is 4. The monoisotopic (exact) mass is 638 g/mol. The number of likely N-dealkylation sites (N-methyl/N-ethyl adjacent to an activating group) is 2. The van der Waals surface area contributed by atoms with Crippen molar-refractivity contribution in [1.29, 1.82) is 0 Å². The zero-order valence-corrected chi connectivity index (χ0v) is 27.7. The fraction of sp³-hybridized carbons (Fsp3) is 0.613. The van der Waals surface area contributed by atoms with Crippen molar-refractivity contribution in [2.24, 2.45) is 5.41 Å². The summed E-state index contributed by atoms with van der Waals surface area (Å²) in [4.78, 5) is 48.4. The number of likely N-dealkylation sites (tertiary alicyclic amines) is 1. The van der Waals surface area contributed by atoms with E-state index in [4.69, 9.17) is 4.98 Å². The molecule has 5 atom stereocenters. The standard InChI is InChI=1S/C31H45F3N6O3S/c1-17(2)36-29(43)39(9)23-13-14-40(28(42)25(30(5,6)7)38-26(41)19(4)35-8)24(23)18(3)22-16-44-27(37-22)20-11-10-12-21(15-20)31(32,33)34/h10-12,15-19,23-25,35H,13-14H2,1-9H3,(H,36,43)(H,38,41)/t18-,19+,23-,24-,25-/m1/s1. The van der Waals surface area contributed by atoms with Crippen LogP contribution in [0.2, 0.25) is 0 Å². The normalized spacial score (nSPS) is 19.4. The zero-order chi connectivity index (χ0) is 33.1. The number of hydrogen-bond acceptors (Lipinski definition) is 6. The van der Waals surface area contributed by atoms with E-state index in [1.165, 1.54) is 17.4 Å². The highest BCUT2D eigenvalue weighted by molar-refractivity contribution is 7.13. The van der Waals surface area contributed by atoms with Gasteiger partial charge in [0.1, 0.15) is 11.0 Å². The summed E-state index contributed by atoms with van der Waals surface area (Å²) in [5.74, 6) is -0.955. The Labute approximate surface area is 262 Å². The first kappa shape index (κ1) is 35.3. The molecule has 0 aliphatic carbocycles. The lowest BCUT2D eigenvalue weighted by atomic mass is 9.84. The fourth-order valence-electron chi connectivity index (χ4n) is 5.43. The molecule has 2 aromatic rings. The molecule has 1 aromatic carbocycles. The molecule has 1 aromatic heterocycles. The predicted molar refractivity (Wildman–Crippen MR) is 166 cm³/mol. The molecule has 0 unspecified atom stereocenters. The van der Waals surface area contributed by atoms with Crippen LogP contribution in [-0.4, -0.2) is 83.5 Å². The van der Waals surface area contributed by atoms with Gasteiger partial charge in [-0.15, -0.1) is 11.3 Å². The number of nitrogens with one attached hydrogen (secondary N) is 3. The van der Waals surface area contributed by atoms with Gasteiger partial charge in [0.2, 0.25) is 11.8 Å². The quantitative estimate of drug-likeness (QED) is 0.355. The lowest BCUT2D eigenvalue weighted by Crippen LogP contribution is -2.60. The van der Waals surface area contributed by atoms with Crippen LogP contribution < -0.4 is 16.0 Å². The molecule has 1 aliphatic heterocycles. The maximum Gasteiger partial charge on any atom is 0.416 e. The molecule has 3 N–H and O–H groups in total. The van der Waals surface area contributed by atoms with E-state index in [0.29, 0.717) is 29.2 Å². The van der Waals surface area contributed by atoms with Gasteiger partial charge >= 0.3 is 12.2 Å². The third-order valence-electron chi connectivity index (χ3n) is 8.10. The number of carbonyl (C=O) groups excluding carboxylic acids is 3. The van der Waals surface area contributed by atoms with Gasteiger partial charge in [0, 0.05) is 36.5 Å². The highest BCUT2D eigenvalue weighted by Crippen LogP contribution is 2.38. The summed E-state index contributed by atoms with van der Waals surface area (Å²) in [6, 6.07) is 2.43. The maximum atomic E-state index is 14.3. The second kappa shape index (κ2) is 13.8. The van der Waals surface area contributed by atoms with Crippen molar-refractivity contribution in [3.05, 3.63) is 40.9 Å². The SMILES string of the molecule is CN[C@@H](C)C(=O)N[C@H](C(=O)N1CC[C@@H](N(C)C(=O)NC(C)C)[C@H]1[C@H](C)c1csc(-c2cccc(C(F)(F)F)c2)n1)C(C)(C)C. The van der Waals surface area contributed by atoms with E-state index in [-0.39, 0.29) is 35.8 Å². The van der Waals surface area contributed by atoms with Gasteiger partial charge < -0.3 is 25.8 Å². The summed E-state index contributed by atoms with van der Waals surface area (Å²) in [7, 11) is 3.36. The van der Waals surface area contributed by atoms with Gasteiger partial charge in [-0.1, -0.05) is 39.8 Å². The summed E-state index contributed by atoms with van der Waals surface area (Å²) >= 11 is 1.23. The van der Waals surface area contributed by atoms with Crippen LogP contribution in [0.5, 0.6) is 0 Å². The average Bonchev–Trinajstić information content (AvgIpc) is 3.61. The molecular weight excluding hydrogens is 593 g/mol. The van der Waals surface area contributed by atoms with Gasteiger partial charge in [-0.05, 0) is 51.8 Å². The number of aromatic nitrogens is 1. The summed E-state index contributed by atoms with van der Waals surface area (Å²) < 4.78 is 40.1. The van der Waals surface area contributed by atoms with Crippen molar-refractivity contribution in [2.45, 2.75) is 97.2 Å². The number of halogens is 3. The maximum absolute atomic E-state index is 14.3. The Balaban J connectivity index is 2.02. The predicted octanol–water partition coefficient (Wildman–Crippen LogP) is 5.09. The molecule has 0 spiro atoms. The van der Waals surface area contributed by atoms with Gasteiger partial charge in [0.05, 0.1) is 29.4 Å². The number of rotatable bonds is 9. The lowest BCUT2D eigenvalue weighted by molar-refractivity contribution is -0.141. The molecule has 244 valence electrons. The van der Waals surface area contributed by atoms with E-state index in [1.807, 2.05) is 41.5 Å². The number of urea groups is 1. The topological polar surface area (TPSA) is 107 Å². The first-order valence-corrected chi connectivity index (χ1v) is 15.7. The first-order valence-electron chi connectivity index (χ1n) is 14.8. The zero-order valence-electron chi connectivity index (χ0n) is 26.9. The molecule has 0 radical (unpaired) electrons. The molecule has 1 saturated heterocycles. The smallest absolute Gasteiger partial charge is 0.342 e. The van der Waals surface area contributed by atoms with Gasteiger partial charge in [-0.25, -0.2) is 9.78 Å². The van der Waals surface area contributed by atoms with Crippen LogP contribution in [0.15, 0.2) is 29.6 Å². The summed E-state index contributed by atoms with van der Waals surface area (Å²) in [6.45, 7) is 13.4. The van der Waals surface area contributed by atoms with Crippen molar-refractivity contribution in [2.75, 3.05) is 20.6 Å². The Morgan fingerprint density at radius 3 is 2.32 bits per heavy atom. The Morgan fingerprint density at radius 2 is 1.75 bits per heavy atom. The van der Waals surface area contributed by atoms with E-state index in [2.05, 4.69) is 16.0 Å². The van der Waals surface area contributed by atoms with Crippen molar-refractivity contribution in [1.82, 2.24) is 30.7 Å². The van der Waals surface area contributed by atoms with E-state index in [1.54, 1.807) is 42.3 Å². The summed E-state index contributed by atoms with van der Waals surface area (Å²) in [5, 5.41) is 11.0. The lowest BCUT2D eigenvalue weighted by Gasteiger charge is -2.40. The minimum atomic E-state index is -4.48. The molecule has 1 fully saturated rings. The number of hydrogen-bond donors (Lipinski definition) is 3. The van der Waals surface area contributed by atoms with Crippen LogP contribution >= 0.6 is 11.3 Å². The van der Waals surface area contributed by atoms with Crippen molar-refractivity contribution >= 4 is 29.2 Å². The number of thiazole rings is 1. The molecule has 0 bridgehead atoms. The van der Waals surface area contributed by atoms with Crippen molar-refractivity contribution in [3.8, 4) is 10.6 Å². The second-order valence-corrected chi connectivity index (χ2v) is 13.7. The van der Waals surface area contributed by atoms with Crippen LogP contribution in [0.25, 0.3) is 10.6 Å². The Morgan fingerprint density at radius 1 is 1.09 bits per heavy atom. The second-order valence-electron chi connectivity index (χ2n) is 12.9. The average molecular weight is 639 g/mol. The third-order valence-corrected chi connectivity index (χ3v) is 9.01. The van der Waals surface area contributed by atoms with E-state index in [9.17, 15) is 27.6 Å². The Hall–Kier alpha value is -3.19. The number of alkyl halides is 3. The molecule has 13 heteroatoms. The molecule has 2 heterocycles. The van der Waals surface area contributed by atoms with Crippen LogP contribution in [0.1, 0.15) is 72.1 Å². The van der Waals surface area contributed by atoms with Crippen LogP contribution in [0.4, 0.5) is 18.0 Å². The van der Waals surface area contributed by atoms with E-state index >= 15 is 0 Å². The molecule has 3 rings (SSSR count). The van der Waals surface area contributed by atoms with Crippen LogP contribution in [0, 0.1) is 5.41 Å². The van der Waals surface area contributed by atoms with Gasteiger partial charge in [-0.3, -0.25) is 9.59 Å². The minimum Gasteiger partial charge on any atom is -0.342 e. The highest BCUT2D eigenvalue weighted by atomic mass is 32.1. The first-order chi connectivity index (χ1) is 20.4. The largest absolute Gasteiger partial charge is 0.416 e. The molecule has 1 aliphatic rings. The van der Waals surface area contributed by atoms with Crippen LogP contribution in [0.3, 0.4) is 0 Å². The van der Waals surface area contributed by atoms with Gasteiger partial charge in [0.25, 0.3) is 0 Å². The molecular formula is C31H45F3N6O3S. The van der Waals surface area contributed by atoms with E-state index in [0.717, 1.165) is 12.1 Å². The Bertz CT molecular complexity index is 1330. The van der Waals surface area contributed by atoms with E-state index < -0.39 is 35.3 Å². The molecule has 44 heavy (non-hydrogen) atoms. The Kier molecular flexibility index (Phi) is 11.1. The number of nitrogens with zero attached hydrogens (tertiary/aromatic N) is 3. The number of carbonyl (C=O) groups is 3. The number of benzene rings is 1. The van der Waals surface area contributed by atoms with Crippen molar-refractivity contribution < 1.29 is 27.6 Å². The van der Waals surface area contributed by atoms with Crippen molar-refractivity contribution in [3.63, 3.8) is 0 Å². The minimum absolute atomic E-state index is 0.0943. The van der Waals surface area contributed by atoms with Gasteiger partial charge in [0.15, 0.2) is 0 Å². The van der Waals surface area contributed by atoms with Crippen LogP contribution in [-0.2, 0) is 15.8 Å². The third kappa shape index (κ3) is 8.09. The molecule has 0 saturated carbocycles.